The van der Waals surface area contributed by atoms with Crippen LogP contribution in [0.1, 0.15) is 18.5 Å². The second kappa shape index (κ2) is 7.36. The van der Waals surface area contributed by atoms with Crippen LogP contribution in [-0.2, 0) is 0 Å². The SMILES string of the molecule is C[C@H](c1c[nH]c(=O)c2cc(F)ccc12)N(C)C(=O)Nc1ccc(F)c(Cl)c1. The van der Waals surface area contributed by atoms with Crippen molar-refractivity contribution in [2.75, 3.05) is 12.4 Å². The van der Waals surface area contributed by atoms with E-state index in [1.807, 2.05) is 0 Å². The van der Waals surface area contributed by atoms with E-state index < -0.39 is 29.3 Å². The fraction of sp³-hybridized carbons (Fsp3) is 0.158. The molecule has 0 unspecified atom stereocenters. The number of amides is 2. The van der Waals surface area contributed by atoms with Crippen LogP contribution in [0, 0.1) is 11.6 Å². The third kappa shape index (κ3) is 3.78. The van der Waals surface area contributed by atoms with Crippen molar-refractivity contribution in [1.82, 2.24) is 9.88 Å². The van der Waals surface area contributed by atoms with Gasteiger partial charge in [-0.15, -0.1) is 0 Å². The van der Waals surface area contributed by atoms with Crippen LogP contribution < -0.4 is 10.9 Å². The highest BCUT2D eigenvalue weighted by atomic mass is 35.5. The standard InChI is InChI=1S/C19H16ClF2N3O2/c1-10(15-9-23-18(26)14-7-11(21)3-5-13(14)15)25(2)19(27)24-12-4-6-17(22)16(20)8-12/h3-10H,1-2H3,(H,23,26)(H,24,27)/t10-/m1/s1. The predicted molar refractivity (Wildman–Crippen MR) is 101 cm³/mol. The Hall–Kier alpha value is -2.93. The molecule has 27 heavy (non-hydrogen) atoms. The van der Waals surface area contributed by atoms with Crippen molar-refractivity contribution >= 4 is 34.1 Å². The molecular formula is C19H16ClF2N3O2. The molecule has 0 aliphatic heterocycles. The molecule has 3 rings (SSSR count). The van der Waals surface area contributed by atoms with Crippen molar-refractivity contribution < 1.29 is 13.6 Å². The lowest BCUT2D eigenvalue weighted by Crippen LogP contribution is -2.34. The van der Waals surface area contributed by atoms with Crippen LogP contribution in [0.5, 0.6) is 0 Å². The molecule has 0 saturated heterocycles. The van der Waals surface area contributed by atoms with E-state index in [1.54, 1.807) is 14.0 Å². The summed E-state index contributed by atoms with van der Waals surface area (Å²) in [6.07, 6.45) is 1.51. The maximum Gasteiger partial charge on any atom is 0.322 e. The third-order valence-electron chi connectivity index (χ3n) is 4.42. The highest BCUT2D eigenvalue weighted by molar-refractivity contribution is 6.31. The van der Waals surface area contributed by atoms with Gasteiger partial charge in [-0.2, -0.15) is 0 Å². The maximum atomic E-state index is 13.5. The van der Waals surface area contributed by atoms with E-state index in [4.69, 9.17) is 11.6 Å². The number of carbonyl (C=O) groups excluding carboxylic acids is 1. The van der Waals surface area contributed by atoms with Crippen LogP contribution in [-0.4, -0.2) is 23.0 Å². The summed E-state index contributed by atoms with van der Waals surface area (Å²) in [4.78, 5) is 28.5. The molecule has 0 radical (unpaired) electrons. The summed E-state index contributed by atoms with van der Waals surface area (Å²) in [5.74, 6) is -1.10. The number of pyridine rings is 1. The molecule has 0 aliphatic rings. The number of nitrogens with one attached hydrogen (secondary N) is 2. The van der Waals surface area contributed by atoms with E-state index >= 15 is 0 Å². The first-order valence-corrected chi connectivity index (χ1v) is 8.45. The number of aromatic nitrogens is 1. The molecule has 0 fully saturated rings. The van der Waals surface area contributed by atoms with Gasteiger partial charge in [0.15, 0.2) is 0 Å². The number of rotatable bonds is 3. The van der Waals surface area contributed by atoms with Crippen LogP contribution in [0.4, 0.5) is 19.3 Å². The van der Waals surface area contributed by atoms with E-state index in [1.165, 1.54) is 35.4 Å². The molecule has 0 spiro atoms. The highest BCUT2D eigenvalue weighted by Gasteiger charge is 2.20. The number of benzene rings is 2. The third-order valence-corrected chi connectivity index (χ3v) is 4.71. The first-order chi connectivity index (χ1) is 12.8. The topological polar surface area (TPSA) is 65.2 Å². The Bertz CT molecular complexity index is 1080. The van der Waals surface area contributed by atoms with Crippen molar-refractivity contribution in [2.45, 2.75) is 13.0 Å². The van der Waals surface area contributed by atoms with Crippen LogP contribution >= 0.6 is 11.6 Å². The quantitative estimate of drug-likeness (QED) is 0.680. The smallest absolute Gasteiger partial charge is 0.322 e. The second-order valence-electron chi connectivity index (χ2n) is 6.11. The monoisotopic (exact) mass is 391 g/mol. The minimum atomic E-state index is -0.580. The van der Waals surface area contributed by atoms with Crippen LogP contribution in [0.3, 0.4) is 0 Å². The lowest BCUT2D eigenvalue weighted by Gasteiger charge is -2.26. The number of anilines is 1. The zero-order valence-electron chi connectivity index (χ0n) is 14.5. The van der Waals surface area contributed by atoms with E-state index in [9.17, 15) is 18.4 Å². The Morgan fingerprint density at radius 1 is 1.19 bits per heavy atom. The van der Waals surface area contributed by atoms with Gasteiger partial charge >= 0.3 is 6.03 Å². The van der Waals surface area contributed by atoms with Crippen molar-refractivity contribution in [2.24, 2.45) is 0 Å². The average molecular weight is 392 g/mol. The summed E-state index contributed by atoms with van der Waals surface area (Å²) in [5, 5.41) is 3.29. The van der Waals surface area contributed by atoms with Crippen LogP contribution in [0.15, 0.2) is 47.4 Å². The molecular weight excluding hydrogens is 376 g/mol. The van der Waals surface area contributed by atoms with Gasteiger partial charge in [0.05, 0.1) is 16.5 Å². The number of nitrogens with zero attached hydrogens (tertiary/aromatic N) is 1. The fourth-order valence-electron chi connectivity index (χ4n) is 2.77. The first-order valence-electron chi connectivity index (χ1n) is 8.07. The van der Waals surface area contributed by atoms with Crippen LogP contribution in [0.25, 0.3) is 10.8 Å². The van der Waals surface area contributed by atoms with Crippen molar-refractivity contribution in [3.05, 3.63) is 75.2 Å². The van der Waals surface area contributed by atoms with Gasteiger partial charge in [-0.05, 0) is 48.2 Å². The molecule has 2 amide bonds. The molecule has 0 bridgehead atoms. The van der Waals surface area contributed by atoms with Crippen LogP contribution in [0.2, 0.25) is 5.02 Å². The van der Waals surface area contributed by atoms with Crippen molar-refractivity contribution in [1.29, 1.82) is 0 Å². The summed E-state index contributed by atoms with van der Waals surface area (Å²) >= 11 is 5.72. The molecule has 2 N–H and O–H groups in total. The number of halogens is 3. The normalized spacial score (nSPS) is 12.0. The molecule has 3 aromatic rings. The van der Waals surface area contributed by atoms with Gasteiger partial charge in [-0.1, -0.05) is 17.7 Å². The Morgan fingerprint density at radius 3 is 2.63 bits per heavy atom. The number of carbonyl (C=O) groups is 1. The Balaban J connectivity index is 1.88. The lowest BCUT2D eigenvalue weighted by molar-refractivity contribution is 0.208. The number of aromatic amines is 1. The Kier molecular flexibility index (Phi) is 5.14. The van der Waals surface area contributed by atoms with E-state index in [2.05, 4.69) is 10.3 Å². The second-order valence-corrected chi connectivity index (χ2v) is 6.52. The van der Waals surface area contributed by atoms with E-state index in [0.717, 1.165) is 12.1 Å². The molecule has 5 nitrogen and oxygen atoms in total. The fourth-order valence-corrected chi connectivity index (χ4v) is 2.95. The Labute approximate surface area is 158 Å². The largest absolute Gasteiger partial charge is 0.328 e. The van der Waals surface area contributed by atoms with Gasteiger partial charge < -0.3 is 15.2 Å². The Morgan fingerprint density at radius 2 is 1.93 bits per heavy atom. The molecule has 1 aromatic heterocycles. The van der Waals surface area contributed by atoms with Gasteiger partial charge in [0.2, 0.25) is 0 Å². The summed E-state index contributed by atoms with van der Waals surface area (Å²) in [6, 6.07) is 6.91. The number of fused-ring (bicyclic) bond motifs is 1. The zero-order valence-corrected chi connectivity index (χ0v) is 15.3. The number of H-pyrrole nitrogens is 1. The van der Waals surface area contributed by atoms with Gasteiger partial charge in [-0.3, -0.25) is 4.79 Å². The minimum Gasteiger partial charge on any atom is -0.328 e. The average Bonchev–Trinajstić information content (AvgIpc) is 2.64. The van der Waals surface area contributed by atoms with Gasteiger partial charge in [0, 0.05) is 18.9 Å². The summed E-state index contributed by atoms with van der Waals surface area (Å²) < 4.78 is 26.7. The highest BCUT2D eigenvalue weighted by Crippen LogP contribution is 2.26. The lowest BCUT2D eigenvalue weighted by atomic mass is 10.0. The predicted octanol–water partition coefficient (Wildman–Crippen LogP) is 4.68. The molecule has 8 heteroatoms. The van der Waals surface area contributed by atoms with Gasteiger partial charge in [0.1, 0.15) is 11.6 Å². The molecule has 140 valence electrons. The van der Waals surface area contributed by atoms with E-state index in [0.29, 0.717) is 16.6 Å². The number of hydrogen-bond acceptors (Lipinski definition) is 2. The number of hydrogen-bond donors (Lipinski definition) is 2. The minimum absolute atomic E-state index is 0.0999. The summed E-state index contributed by atoms with van der Waals surface area (Å²) in [7, 11) is 1.57. The molecule has 2 aromatic carbocycles. The first kappa shape index (κ1) is 18.8. The molecule has 1 atom stereocenters. The zero-order chi connectivity index (χ0) is 19.7. The van der Waals surface area contributed by atoms with Crippen molar-refractivity contribution in [3.8, 4) is 0 Å². The van der Waals surface area contributed by atoms with Crippen molar-refractivity contribution in [3.63, 3.8) is 0 Å². The van der Waals surface area contributed by atoms with Gasteiger partial charge in [-0.25, -0.2) is 13.6 Å². The summed E-state index contributed by atoms with van der Waals surface area (Å²) in [6.45, 7) is 1.77. The molecule has 0 aliphatic carbocycles. The number of urea groups is 1. The van der Waals surface area contributed by atoms with Gasteiger partial charge in [0.25, 0.3) is 5.56 Å². The maximum absolute atomic E-state index is 13.5. The molecule has 0 saturated carbocycles. The summed E-state index contributed by atoms with van der Waals surface area (Å²) in [5.41, 5.74) is 0.590. The van der Waals surface area contributed by atoms with E-state index in [-0.39, 0.29) is 10.4 Å². The molecule has 1 heterocycles.